The number of rotatable bonds is 4. The van der Waals surface area contributed by atoms with Gasteiger partial charge in [-0.05, 0) is 41.1 Å². The topological polar surface area (TPSA) is 83.5 Å². The van der Waals surface area contributed by atoms with E-state index in [4.69, 9.17) is 0 Å². The third kappa shape index (κ3) is 2.99. The fraction of sp³-hybridized carbons (Fsp3) is 0.500. The molecule has 0 amide bonds. The van der Waals surface area contributed by atoms with Crippen LogP contribution in [0.5, 0.6) is 0 Å². The zero-order valence-corrected chi connectivity index (χ0v) is 14.0. The average molecular weight is 386 g/mol. The van der Waals surface area contributed by atoms with Crippen molar-refractivity contribution in [2.75, 3.05) is 11.5 Å². The monoisotopic (exact) mass is 385 g/mol. The minimum atomic E-state index is -3.82. The standard InChI is InChI=1S/C10H12BrNO4S3/c1-6-7(4-8(11)18-6)19(15,16)12-10(9(13)14)2-3-17-5-10/h4,12H,2-3,5H2,1H3,(H,13,14). The minimum Gasteiger partial charge on any atom is -0.480 e. The molecular formula is C10H12BrNO4S3. The Kier molecular flexibility index (Phi) is 4.32. The van der Waals surface area contributed by atoms with Gasteiger partial charge in [-0.3, -0.25) is 4.79 Å². The van der Waals surface area contributed by atoms with Crippen molar-refractivity contribution in [2.45, 2.75) is 23.8 Å². The molecule has 9 heteroatoms. The van der Waals surface area contributed by atoms with E-state index < -0.39 is 21.5 Å². The molecule has 0 saturated carbocycles. The van der Waals surface area contributed by atoms with Crippen LogP contribution in [0, 0.1) is 6.92 Å². The Morgan fingerprint density at radius 1 is 1.58 bits per heavy atom. The minimum absolute atomic E-state index is 0.141. The Hall–Kier alpha value is -0.0900. The summed E-state index contributed by atoms with van der Waals surface area (Å²) in [5.41, 5.74) is -1.38. The van der Waals surface area contributed by atoms with Gasteiger partial charge in [-0.15, -0.1) is 11.3 Å². The van der Waals surface area contributed by atoms with Crippen LogP contribution in [0.2, 0.25) is 0 Å². The molecule has 0 spiro atoms. The SMILES string of the molecule is Cc1sc(Br)cc1S(=O)(=O)NC1(C(=O)O)CCSC1. The van der Waals surface area contributed by atoms with Gasteiger partial charge in [0.15, 0.2) is 0 Å². The molecule has 1 aromatic heterocycles. The molecule has 106 valence electrons. The van der Waals surface area contributed by atoms with Crippen LogP contribution in [-0.4, -0.2) is 36.5 Å². The smallest absolute Gasteiger partial charge is 0.325 e. The molecule has 19 heavy (non-hydrogen) atoms. The molecule has 1 atom stereocenters. The van der Waals surface area contributed by atoms with Gasteiger partial charge in [-0.25, -0.2) is 8.42 Å². The highest BCUT2D eigenvalue weighted by atomic mass is 79.9. The molecule has 0 radical (unpaired) electrons. The largest absolute Gasteiger partial charge is 0.480 e. The van der Waals surface area contributed by atoms with Gasteiger partial charge >= 0.3 is 5.97 Å². The average Bonchev–Trinajstić information content (AvgIpc) is 2.86. The number of carboxylic acids is 1. The van der Waals surface area contributed by atoms with Gasteiger partial charge in [-0.1, -0.05) is 0 Å². The van der Waals surface area contributed by atoms with Crippen molar-refractivity contribution in [3.05, 3.63) is 14.7 Å². The zero-order chi connectivity index (χ0) is 14.3. The lowest BCUT2D eigenvalue weighted by atomic mass is 10.0. The Labute approximate surface area is 128 Å². The van der Waals surface area contributed by atoms with Gasteiger partial charge in [0.25, 0.3) is 0 Å². The van der Waals surface area contributed by atoms with Crippen molar-refractivity contribution in [2.24, 2.45) is 0 Å². The second kappa shape index (κ2) is 5.36. The third-order valence-corrected chi connectivity index (χ3v) is 7.43. The van der Waals surface area contributed by atoms with Crippen molar-refractivity contribution in [1.29, 1.82) is 0 Å². The summed E-state index contributed by atoms with van der Waals surface area (Å²) in [6.07, 6.45) is 0.302. The summed E-state index contributed by atoms with van der Waals surface area (Å²) in [5.74, 6) is -0.222. The summed E-state index contributed by atoms with van der Waals surface area (Å²) < 4.78 is 27.7. The first-order valence-electron chi connectivity index (χ1n) is 5.38. The molecule has 0 aromatic carbocycles. The number of sulfonamides is 1. The lowest BCUT2D eigenvalue weighted by Gasteiger charge is -2.24. The van der Waals surface area contributed by atoms with Crippen LogP contribution in [0.25, 0.3) is 0 Å². The lowest BCUT2D eigenvalue weighted by molar-refractivity contribution is -0.142. The highest BCUT2D eigenvalue weighted by molar-refractivity contribution is 9.11. The van der Waals surface area contributed by atoms with Crippen LogP contribution in [0.1, 0.15) is 11.3 Å². The first kappa shape index (κ1) is 15.3. The maximum atomic E-state index is 12.3. The lowest BCUT2D eigenvalue weighted by Crippen LogP contribution is -2.54. The Morgan fingerprint density at radius 3 is 2.68 bits per heavy atom. The van der Waals surface area contributed by atoms with E-state index in [0.29, 0.717) is 20.8 Å². The van der Waals surface area contributed by atoms with Gasteiger partial charge in [-0.2, -0.15) is 16.5 Å². The fourth-order valence-corrected chi connectivity index (χ4v) is 7.09. The van der Waals surface area contributed by atoms with Gasteiger partial charge in [0.1, 0.15) is 5.54 Å². The predicted octanol–water partition coefficient (Wildman–Crippen LogP) is 2.06. The Bertz CT molecular complexity index is 604. The normalized spacial score (nSPS) is 23.7. The van der Waals surface area contributed by atoms with E-state index >= 15 is 0 Å². The number of carboxylic acid groups (broad SMARTS) is 1. The maximum absolute atomic E-state index is 12.3. The van der Waals surface area contributed by atoms with Crippen molar-refractivity contribution in [1.82, 2.24) is 4.72 Å². The van der Waals surface area contributed by atoms with E-state index in [0.717, 1.165) is 0 Å². The van der Waals surface area contributed by atoms with Gasteiger partial charge < -0.3 is 5.11 Å². The van der Waals surface area contributed by atoms with E-state index in [-0.39, 0.29) is 10.6 Å². The number of thioether (sulfide) groups is 1. The van der Waals surface area contributed by atoms with Crippen molar-refractivity contribution in [3.8, 4) is 0 Å². The van der Waals surface area contributed by atoms with Crippen LogP contribution in [0.4, 0.5) is 0 Å². The third-order valence-electron chi connectivity index (χ3n) is 2.89. The van der Waals surface area contributed by atoms with Crippen LogP contribution in [0.15, 0.2) is 14.7 Å². The molecule has 1 unspecified atom stereocenters. The summed E-state index contributed by atoms with van der Waals surface area (Å²) in [4.78, 5) is 12.1. The fourth-order valence-electron chi connectivity index (χ4n) is 1.87. The zero-order valence-electron chi connectivity index (χ0n) is 9.97. The van der Waals surface area contributed by atoms with E-state index in [1.807, 2.05) is 0 Å². The molecule has 5 nitrogen and oxygen atoms in total. The Morgan fingerprint density at radius 2 is 2.26 bits per heavy atom. The number of aryl methyl sites for hydroxylation is 1. The quantitative estimate of drug-likeness (QED) is 0.828. The number of halogens is 1. The molecule has 2 heterocycles. The van der Waals surface area contributed by atoms with Gasteiger partial charge in [0.2, 0.25) is 10.0 Å². The molecular weight excluding hydrogens is 374 g/mol. The molecule has 2 rings (SSSR count). The van der Waals surface area contributed by atoms with Crippen molar-refractivity contribution in [3.63, 3.8) is 0 Å². The van der Waals surface area contributed by atoms with E-state index in [2.05, 4.69) is 20.7 Å². The molecule has 1 fully saturated rings. The number of carbonyl (C=O) groups is 1. The molecule has 1 aliphatic heterocycles. The molecule has 1 saturated heterocycles. The van der Waals surface area contributed by atoms with Gasteiger partial charge in [0.05, 0.1) is 8.68 Å². The molecule has 2 N–H and O–H groups in total. The molecule has 0 bridgehead atoms. The first-order chi connectivity index (χ1) is 8.77. The predicted molar refractivity (Wildman–Crippen MR) is 79.4 cm³/mol. The van der Waals surface area contributed by atoms with Crippen molar-refractivity contribution < 1.29 is 18.3 Å². The summed E-state index contributed by atoms with van der Waals surface area (Å²) in [6.45, 7) is 1.70. The highest BCUT2D eigenvalue weighted by Gasteiger charge is 2.45. The number of hydrogen-bond donors (Lipinski definition) is 2. The molecule has 0 aliphatic carbocycles. The summed E-state index contributed by atoms with van der Waals surface area (Å²) >= 11 is 5.98. The first-order valence-corrected chi connectivity index (χ1v) is 9.63. The highest BCUT2D eigenvalue weighted by Crippen LogP contribution is 2.33. The van der Waals surface area contributed by atoms with E-state index in [1.54, 1.807) is 6.92 Å². The maximum Gasteiger partial charge on any atom is 0.325 e. The van der Waals surface area contributed by atoms with Crippen LogP contribution in [0.3, 0.4) is 0 Å². The number of hydrogen-bond acceptors (Lipinski definition) is 5. The van der Waals surface area contributed by atoms with Crippen molar-refractivity contribution >= 4 is 55.0 Å². The van der Waals surface area contributed by atoms with Crippen LogP contribution in [-0.2, 0) is 14.8 Å². The van der Waals surface area contributed by atoms with E-state index in [1.165, 1.54) is 29.2 Å². The molecule has 1 aliphatic rings. The number of nitrogens with one attached hydrogen (secondary N) is 1. The summed E-state index contributed by atoms with van der Waals surface area (Å²) in [7, 11) is -3.82. The van der Waals surface area contributed by atoms with E-state index in [9.17, 15) is 18.3 Å². The van der Waals surface area contributed by atoms with Crippen LogP contribution >= 0.6 is 39.0 Å². The Balaban J connectivity index is 2.36. The second-order valence-electron chi connectivity index (χ2n) is 4.27. The second-order valence-corrected chi connectivity index (χ2v) is 9.66. The summed E-state index contributed by atoms with van der Waals surface area (Å²) in [6, 6.07) is 1.50. The summed E-state index contributed by atoms with van der Waals surface area (Å²) in [5, 5.41) is 9.30. The van der Waals surface area contributed by atoms with Gasteiger partial charge in [0, 0.05) is 10.6 Å². The van der Waals surface area contributed by atoms with Crippen LogP contribution < -0.4 is 4.72 Å². The molecule has 1 aromatic rings. The number of aliphatic carboxylic acids is 1. The number of thiophene rings is 1.